The van der Waals surface area contributed by atoms with Crippen LogP contribution in [0.15, 0.2) is 72.3 Å². The lowest BCUT2D eigenvalue weighted by Gasteiger charge is -2.11. The molecule has 0 spiro atoms. The van der Waals surface area contributed by atoms with E-state index in [1.54, 1.807) is 37.3 Å². The van der Waals surface area contributed by atoms with Gasteiger partial charge >= 0.3 is 5.97 Å². The highest BCUT2D eigenvalue weighted by Gasteiger charge is 2.13. The van der Waals surface area contributed by atoms with Gasteiger partial charge < -0.3 is 14.8 Å². The van der Waals surface area contributed by atoms with Crippen LogP contribution in [-0.2, 0) is 16.1 Å². The summed E-state index contributed by atoms with van der Waals surface area (Å²) in [5, 5.41) is 12.7. The third-order valence-electron chi connectivity index (χ3n) is 4.77. The molecule has 3 aromatic rings. The van der Waals surface area contributed by atoms with Crippen molar-refractivity contribution >= 4 is 35.2 Å². The Bertz CT molecular complexity index is 1260. The first-order valence-corrected chi connectivity index (χ1v) is 11.0. The fourth-order valence-electron chi connectivity index (χ4n) is 3.13. The van der Waals surface area contributed by atoms with Gasteiger partial charge in [-0.15, -0.1) is 0 Å². The molecule has 7 heteroatoms. The van der Waals surface area contributed by atoms with Crippen LogP contribution in [0, 0.1) is 18.3 Å². The van der Waals surface area contributed by atoms with E-state index < -0.39 is 11.9 Å². The van der Waals surface area contributed by atoms with Gasteiger partial charge in [-0.05, 0) is 68.0 Å². The van der Waals surface area contributed by atoms with E-state index in [0.29, 0.717) is 34.2 Å². The average Bonchev–Trinajstić information content (AvgIpc) is 2.82. The normalized spacial score (nSPS) is 10.8. The molecular weight excluding hydrogens is 452 g/mol. The number of amides is 1. The molecule has 3 aromatic carbocycles. The van der Waals surface area contributed by atoms with Gasteiger partial charge in [0.25, 0.3) is 5.91 Å². The predicted molar refractivity (Wildman–Crippen MR) is 132 cm³/mol. The number of carbonyl (C=O) groups excluding carboxylic acids is 2. The Hall–Kier alpha value is -4.08. The zero-order chi connectivity index (χ0) is 24.5. The Kier molecular flexibility index (Phi) is 8.44. The van der Waals surface area contributed by atoms with E-state index in [2.05, 4.69) is 5.32 Å². The van der Waals surface area contributed by atoms with Gasteiger partial charge in [0, 0.05) is 16.3 Å². The summed E-state index contributed by atoms with van der Waals surface area (Å²) in [7, 11) is 0. The number of hydrogen-bond acceptors (Lipinski definition) is 5. The maximum Gasteiger partial charge on any atom is 0.338 e. The summed E-state index contributed by atoms with van der Waals surface area (Å²) in [6.07, 6.45) is 1.43. The van der Waals surface area contributed by atoms with Crippen LogP contribution in [0.3, 0.4) is 0 Å². The Labute approximate surface area is 203 Å². The third kappa shape index (κ3) is 6.71. The van der Waals surface area contributed by atoms with E-state index in [-0.39, 0.29) is 12.2 Å². The fraction of sp³-hybridized carbons (Fsp3) is 0.148. The van der Waals surface area contributed by atoms with Gasteiger partial charge in [0.1, 0.15) is 24.0 Å². The summed E-state index contributed by atoms with van der Waals surface area (Å²) in [5.41, 5.74) is 3.29. The summed E-state index contributed by atoms with van der Waals surface area (Å²) in [6, 6.07) is 21.1. The van der Waals surface area contributed by atoms with Crippen molar-refractivity contribution in [3.63, 3.8) is 0 Å². The second kappa shape index (κ2) is 11.7. The molecule has 6 nitrogen and oxygen atoms in total. The van der Waals surface area contributed by atoms with Gasteiger partial charge in [0.2, 0.25) is 0 Å². The van der Waals surface area contributed by atoms with E-state index in [4.69, 9.17) is 21.1 Å². The molecule has 0 aliphatic rings. The molecule has 0 aliphatic carbocycles. The van der Waals surface area contributed by atoms with E-state index in [0.717, 1.165) is 11.1 Å². The first-order chi connectivity index (χ1) is 16.4. The smallest absolute Gasteiger partial charge is 0.338 e. The number of nitrogens with zero attached hydrogens (tertiary/aromatic N) is 1. The summed E-state index contributed by atoms with van der Waals surface area (Å²) >= 11 is 6.15. The summed E-state index contributed by atoms with van der Waals surface area (Å²) in [5.74, 6) is -0.557. The molecule has 0 saturated heterocycles. The molecule has 0 heterocycles. The molecule has 0 fully saturated rings. The van der Waals surface area contributed by atoms with Gasteiger partial charge in [-0.25, -0.2) is 4.79 Å². The molecular formula is C27H23ClN2O4. The van der Waals surface area contributed by atoms with Crippen molar-refractivity contribution in [3.05, 3.63) is 99.6 Å². The van der Waals surface area contributed by atoms with E-state index in [9.17, 15) is 14.9 Å². The van der Waals surface area contributed by atoms with Crippen molar-refractivity contribution in [3.8, 4) is 11.8 Å². The minimum Gasteiger partial charge on any atom is -0.488 e. The van der Waals surface area contributed by atoms with Crippen molar-refractivity contribution in [1.29, 1.82) is 5.26 Å². The standard InChI is InChI=1S/C27H23ClN2O4/c1-3-33-27(32)20-7-10-24(11-8-20)30-26(31)22(16-29)14-21-15-23(28)9-12-25(21)34-17-19-6-4-5-18(2)13-19/h4-15H,3,17H2,1-2H3,(H,30,31)/b22-14+. The molecule has 0 aromatic heterocycles. The number of rotatable bonds is 8. The van der Waals surface area contributed by atoms with E-state index in [1.807, 2.05) is 37.3 Å². The van der Waals surface area contributed by atoms with Gasteiger partial charge in [-0.1, -0.05) is 41.4 Å². The second-order valence-corrected chi connectivity index (χ2v) is 7.82. The molecule has 0 unspecified atom stereocenters. The van der Waals surface area contributed by atoms with Crippen molar-refractivity contribution in [2.75, 3.05) is 11.9 Å². The number of nitriles is 1. The zero-order valence-electron chi connectivity index (χ0n) is 18.8. The lowest BCUT2D eigenvalue weighted by molar-refractivity contribution is -0.112. The summed E-state index contributed by atoms with van der Waals surface area (Å²) in [4.78, 5) is 24.5. The highest BCUT2D eigenvalue weighted by Crippen LogP contribution is 2.26. The lowest BCUT2D eigenvalue weighted by Crippen LogP contribution is -2.14. The zero-order valence-corrected chi connectivity index (χ0v) is 19.6. The lowest BCUT2D eigenvalue weighted by atomic mass is 10.1. The first-order valence-electron chi connectivity index (χ1n) is 10.6. The van der Waals surface area contributed by atoms with Gasteiger partial charge in [-0.3, -0.25) is 4.79 Å². The second-order valence-electron chi connectivity index (χ2n) is 7.38. The Balaban J connectivity index is 1.77. The quantitative estimate of drug-likeness (QED) is 0.247. The topological polar surface area (TPSA) is 88.4 Å². The van der Waals surface area contributed by atoms with Gasteiger partial charge in [-0.2, -0.15) is 5.26 Å². The fourth-order valence-corrected chi connectivity index (χ4v) is 3.31. The van der Waals surface area contributed by atoms with Crippen LogP contribution in [-0.4, -0.2) is 18.5 Å². The maximum absolute atomic E-state index is 12.7. The van der Waals surface area contributed by atoms with Crippen molar-refractivity contribution in [1.82, 2.24) is 0 Å². The minimum atomic E-state index is -0.601. The Morgan fingerprint density at radius 1 is 1.09 bits per heavy atom. The predicted octanol–water partition coefficient (Wildman–Crippen LogP) is 5.95. The number of halogens is 1. The molecule has 0 atom stereocenters. The number of nitrogens with one attached hydrogen (secondary N) is 1. The number of aryl methyl sites for hydroxylation is 1. The van der Waals surface area contributed by atoms with Gasteiger partial charge in [0.05, 0.1) is 12.2 Å². The van der Waals surface area contributed by atoms with Crippen LogP contribution in [0.5, 0.6) is 5.75 Å². The van der Waals surface area contributed by atoms with Crippen LogP contribution in [0.2, 0.25) is 5.02 Å². The van der Waals surface area contributed by atoms with Crippen LogP contribution in [0.4, 0.5) is 5.69 Å². The molecule has 0 radical (unpaired) electrons. The molecule has 0 bridgehead atoms. The van der Waals surface area contributed by atoms with Crippen LogP contribution < -0.4 is 10.1 Å². The minimum absolute atomic E-state index is 0.128. The molecule has 34 heavy (non-hydrogen) atoms. The third-order valence-corrected chi connectivity index (χ3v) is 5.00. The SMILES string of the molecule is CCOC(=O)c1ccc(NC(=O)/C(C#N)=C/c2cc(Cl)ccc2OCc2cccc(C)c2)cc1. The monoisotopic (exact) mass is 474 g/mol. The molecule has 172 valence electrons. The number of carbonyl (C=O) groups is 2. The number of anilines is 1. The van der Waals surface area contributed by atoms with Crippen molar-refractivity contribution < 1.29 is 19.1 Å². The van der Waals surface area contributed by atoms with Crippen molar-refractivity contribution in [2.24, 2.45) is 0 Å². The number of benzene rings is 3. The highest BCUT2D eigenvalue weighted by molar-refractivity contribution is 6.30. The number of hydrogen-bond donors (Lipinski definition) is 1. The highest BCUT2D eigenvalue weighted by atomic mass is 35.5. The Morgan fingerprint density at radius 3 is 2.53 bits per heavy atom. The van der Waals surface area contributed by atoms with Crippen molar-refractivity contribution in [2.45, 2.75) is 20.5 Å². The maximum atomic E-state index is 12.7. The van der Waals surface area contributed by atoms with Crippen LogP contribution >= 0.6 is 11.6 Å². The summed E-state index contributed by atoms with van der Waals surface area (Å²) < 4.78 is 10.9. The summed E-state index contributed by atoms with van der Waals surface area (Å²) in [6.45, 7) is 4.32. The molecule has 3 rings (SSSR count). The number of esters is 1. The van der Waals surface area contributed by atoms with Crippen LogP contribution in [0.25, 0.3) is 6.08 Å². The van der Waals surface area contributed by atoms with E-state index >= 15 is 0 Å². The molecule has 1 amide bonds. The van der Waals surface area contributed by atoms with E-state index in [1.165, 1.54) is 18.2 Å². The molecule has 1 N–H and O–H groups in total. The molecule has 0 saturated carbocycles. The number of ether oxygens (including phenoxy) is 2. The Morgan fingerprint density at radius 2 is 1.85 bits per heavy atom. The average molecular weight is 475 g/mol. The largest absolute Gasteiger partial charge is 0.488 e. The van der Waals surface area contributed by atoms with Gasteiger partial charge in [0.15, 0.2) is 0 Å². The van der Waals surface area contributed by atoms with Crippen LogP contribution in [0.1, 0.15) is 34.0 Å². The first kappa shape index (κ1) is 24.6. The molecule has 0 aliphatic heterocycles.